The SMILES string of the molecule is CC(=O)OC[C@]12CC[C@H]3[C@@H](C[C@H]4O[C@]45CC=CC(=O)[C@]35C)[C@]1(O)[C@@H](OC(C)=O)C[C@@]2(O)C(C)(O)[C@H]1CC(C)=C(C)C(=O)O1. The number of hydrogen-bond donors (Lipinski definition) is 3. The van der Waals surface area contributed by atoms with Gasteiger partial charge in [-0.3, -0.25) is 14.4 Å². The van der Waals surface area contributed by atoms with Gasteiger partial charge in [-0.05, 0) is 71.3 Å². The van der Waals surface area contributed by atoms with Crippen molar-refractivity contribution >= 4 is 23.7 Å². The van der Waals surface area contributed by atoms with Gasteiger partial charge < -0.3 is 34.3 Å². The number of fused-ring (bicyclic) bond motifs is 4. The van der Waals surface area contributed by atoms with Gasteiger partial charge in [0.25, 0.3) is 0 Å². The molecule has 0 aromatic heterocycles. The number of esters is 3. The molecule has 6 rings (SSSR count). The van der Waals surface area contributed by atoms with Crippen LogP contribution in [0, 0.1) is 22.7 Å². The van der Waals surface area contributed by atoms with E-state index in [0.29, 0.717) is 30.4 Å². The van der Waals surface area contributed by atoms with Crippen LogP contribution in [0.3, 0.4) is 0 Å². The molecular formula is C32H42O11. The second-order valence-electron chi connectivity index (χ2n) is 14.2. The number of cyclic esters (lactones) is 1. The third-order valence-corrected chi connectivity index (χ3v) is 12.6. The van der Waals surface area contributed by atoms with Gasteiger partial charge >= 0.3 is 17.9 Å². The van der Waals surface area contributed by atoms with Crippen LogP contribution >= 0.6 is 0 Å². The molecule has 4 aliphatic carbocycles. The van der Waals surface area contributed by atoms with Crippen molar-refractivity contribution in [3.8, 4) is 0 Å². The maximum atomic E-state index is 13.6. The van der Waals surface area contributed by atoms with Gasteiger partial charge in [0, 0.05) is 32.3 Å². The number of carbonyl (C=O) groups excluding carboxylic acids is 4. The molecule has 3 saturated carbocycles. The van der Waals surface area contributed by atoms with Gasteiger partial charge in [0.15, 0.2) is 5.78 Å². The average molecular weight is 603 g/mol. The second-order valence-corrected chi connectivity index (χ2v) is 14.2. The van der Waals surface area contributed by atoms with E-state index in [1.54, 1.807) is 19.9 Å². The monoisotopic (exact) mass is 602 g/mol. The first-order valence-corrected chi connectivity index (χ1v) is 15.2. The summed E-state index contributed by atoms with van der Waals surface area (Å²) in [5.41, 5.74) is -8.89. The highest BCUT2D eigenvalue weighted by atomic mass is 16.6. The first-order valence-electron chi connectivity index (χ1n) is 15.2. The molecule has 11 heteroatoms. The summed E-state index contributed by atoms with van der Waals surface area (Å²) < 4.78 is 23.3. The number of ether oxygens (including phenoxy) is 4. The lowest BCUT2D eigenvalue weighted by molar-refractivity contribution is -0.302. The molecule has 0 aromatic carbocycles. The minimum atomic E-state index is -2.28. The molecule has 11 atom stereocenters. The van der Waals surface area contributed by atoms with Crippen LogP contribution in [0.15, 0.2) is 23.3 Å². The van der Waals surface area contributed by atoms with Crippen molar-refractivity contribution < 1.29 is 53.4 Å². The third-order valence-electron chi connectivity index (χ3n) is 12.6. The van der Waals surface area contributed by atoms with Crippen LogP contribution < -0.4 is 0 Å². The van der Waals surface area contributed by atoms with Gasteiger partial charge in [0.05, 0.1) is 16.9 Å². The number of hydrogen-bond acceptors (Lipinski definition) is 11. The molecule has 6 aliphatic rings. The molecule has 1 saturated heterocycles. The minimum Gasteiger partial charge on any atom is -0.465 e. The Balaban J connectivity index is 1.53. The van der Waals surface area contributed by atoms with Crippen LogP contribution in [0.25, 0.3) is 0 Å². The highest BCUT2D eigenvalue weighted by molar-refractivity contribution is 5.98. The van der Waals surface area contributed by atoms with Crippen molar-refractivity contribution in [2.75, 3.05) is 6.61 Å². The van der Waals surface area contributed by atoms with Crippen molar-refractivity contribution in [3.63, 3.8) is 0 Å². The maximum Gasteiger partial charge on any atom is 0.334 e. The molecule has 2 heterocycles. The van der Waals surface area contributed by atoms with Gasteiger partial charge in [-0.15, -0.1) is 0 Å². The molecule has 0 aromatic rings. The van der Waals surface area contributed by atoms with Crippen molar-refractivity contribution in [3.05, 3.63) is 23.3 Å². The first kappa shape index (κ1) is 30.4. The fourth-order valence-electron chi connectivity index (χ4n) is 9.96. The van der Waals surface area contributed by atoms with E-state index in [4.69, 9.17) is 18.9 Å². The van der Waals surface area contributed by atoms with Crippen molar-refractivity contribution in [2.45, 2.75) is 121 Å². The van der Waals surface area contributed by atoms with Gasteiger partial charge in [-0.1, -0.05) is 11.6 Å². The topological polar surface area (TPSA) is 169 Å². The zero-order chi connectivity index (χ0) is 31.5. The zero-order valence-electron chi connectivity index (χ0n) is 25.6. The third kappa shape index (κ3) is 3.56. The van der Waals surface area contributed by atoms with Gasteiger partial charge in [0.1, 0.15) is 41.2 Å². The Labute approximate surface area is 250 Å². The predicted octanol–water partition coefficient (Wildman–Crippen LogP) is 1.84. The molecule has 3 N–H and O–H groups in total. The van der Waals surface area contributed by atoms with E-state index in [2.05, 4.69) is 0 Å². The van der Waals surface area contributed by atoms with Crippen LogP contribution in [-0.2, 0) is 38.1 Å². The first-order chi connectivity index (χ1) is 19.9. The summed E-state index contributed by atoms with van der Waals surface area (Å²) in [4.78, 5) is 51.2. The molecule has 0 bridgehead atoms. The van der Waals surface area contributed by atoms with Crippen LogP contribution in [0.5, 0.6) is 0 Å². The summed E-state index contributed by atoms with van der Waals surface area (Å²) in [7, 11) is 0. The lowest BCUT2D eigenvalue weighted by atomic mass is 9.42. The van der Waals surface area contributed by atoms with E-state index in [0.717, 1.165) is 0 Å². The largest absolute Gasteiger partial charge is 0.465 e. The average Bonchev–Trinajstić information content (AvgIpc) is 3.59. The molecule has 1 unspecified atom stereocenters. The van der Waals surface area contributed by atoms with E-state index in [1.165, 1.54) is 20.8 Å². The normalized spacial score (nSPS) is 47.8. The Bertz CT molecular complexity index is 1360. The molecule has 4 fully saturated rings. The molecule has 0 amide bonds. The molecule has 0 radical (unpaired) electrons. The molecule has 2 aliphatic heterocycles. The number of allylic oxidation sites excluding steroid dienone is 1. The fraction of sp³-hybridized carbons (Fsp3) is 0.750. The summed E-state index contributed by atoms with van der Waals surface area (Å²) in [5.74, 6) is -3.27. The standard InChI is InChI=1S/C32H42O11/c1-16-12-23(42-26(36)17(16)2)28(6,37)31(38)14-25(41-19(4)34)32(39)21-13-24-30(43-24)10-7-8-22(35)27(30,5)20(21)9-11-29(31,32)15-40-18(3)33/h7-8,20-21,23-25,37-39H,9-15H2,1-6H3/t20-,21+,23+,24+,25-,27-,28?,29-,30+,31+,32-/m0/s1. The van der Waals surface area contributed by atoms with E-state index < -0.39 is 88.2 Å². The van der Waals surface area contributed by atoms with Crippen LogP contribution in [0.2, 0.25) is 0 Å². The van der Waals surface area contributed by atoms with Gasteiger partial charge in [-0.2, -0.15) is 0 Å². The van der Waals surface area contributed by atoms with Crippen LogP contribution in [-0.4, -0.2) is 86.3 Å². The van der Waals surface area contributed by atoms with E-state index in [9.17, 15) is 34.5 Å². The summed E-state index contributed by atoms with van der Waals surface area (Å²) in [6.07, 6.45) is 1.40. The smallest absolute Gasteiger partial charge is 0.334 e. The molecule has 236 valence electrons. The number of epoxide rings is 1. The Morgan fingerprint density at radius 3 is 2.47 bits per heavy atom. The molecular weight excluding hydrogens is 560 g/mol. The lowest BCUT2D eigenvalue weighted by Gasteiger charge is -2.64. The second kappa shape index (κ2) is 9.22. The number of aliphatic hydroxyl groups is 3. The molecule has 11 nitrogen and oxygen atoms in total. The van der Waals surface area contributed by atoms with E-state index in [-0.39, 0.29) is 24.7 Å². The quantitative estimate of drug-likeness (QED) is 0.238. The van der Waals surface area contributed by atoms with Crippen molar-refractivity contribution in [1.82, 2.24) is 0 Å². The van der Waals surface area contributed by atoms with E-state index in [1.807, 2.05) is 13.0 Å². The zero-order valence-corrected chi connectivity index (χ0v) is 25.6. The van der Waals surface area contributed by atoms with E-state index >= 15 is 0 Å². The minimum absolute atomic E-state index is 0.0181. The number of carbonyl (C=O) groups is 4. The summed E-state index contributed by atoms with van der Waals surface area (Å²) in [6, 6.07) is 0. The highest BCUT2D eigenvalue weighted by Gasteiger charge is 2.86. The van der Waals surface area contributed by atoms with Crippen LogP contribution in [0.4, 0.5) is 0 Å². The van der Waals surface area contributed by atoms with Gasteiger partial charge in [0.2, 0.25) is 0 Å². The van der Waals surface area contributed by atoms with Gasteiger partial charge in [-0.25, -0.2) is 4.79 Å². The van der Waals surface area contributed by atoms with Crippen molar-refractivity contribution in [1.29, 1.82) is 0 Å². The molecule has 1 spiro atoms. The summed E-state index contributed by atoms with van der Waals surface area (Å²) in [6.45, 7) is 8.49. The highest BCUT2D eigenvalue weighted by Crippen LogP contribution is 2.75. The van der Waals surface area contributed by atoms with Crippen molar-refractivity contribution in [2.24, 2.45) is 22.7 Å². The lowest BCUT2D eigenvalue weighted by Crippen LogP contribution is -2.76. The van der Waals surface area contributed by atoms with Crippen LogP contribution in [0.1, 0.15) is 80.1 Å². The predicted molar refractivity (Wildman–Crippen MR) is 148 cm³/mol. The number of rotatable bonds is 5. The Morgan fingerprint density at radius 1 is 1.14 bits per heavy atom. The molecule has 43 heavy (non-hydrogen) atoms. The maximum absolute atomic E-state index is 13.6. The Hall–Kier alpha value is -2.60. The number of ketones is 1. The summed E-state index contributed by atoms with van der Waals surface area (Å²) >= 11 is 0. The Kier molecular flexibility index (Phi) is 6.52. The fourth-order valence-corrected chi connectivity index (χ4v) is 9.96. The summed E-state index contributed by atoms with van der Waals surface area (Å²) in [5, 5.41) is 38.5. The Morgan fingerprint density at radius 2 is 1.84 bits per heavy atom.